The van der Waals surface area contributed by atoms with Gasteiger partial charge >= 0.3 is 0 Å². The van der Waals surface area contributed by atoms with Crippen LogP contribution in [0.25, 0.3) is 0 Å². The molecule has 0 radical (unpaired) electrons. The van der Waals surface area contributed by atoms with E-state index in [1.54, 1.807) is 6.20 Å². The Kier molecular flexibility index (Phi) is 4.26. The van der Waals surface area contributed by atoms with Gasteiger partial charge in [-0.05, 0) is 67.5 Å². The minimum absolute atomic E-state index is 0.128. The van der Waals surface area contributed by atoms with Crippen molar-refractivity contribution in [1.82, 2.24) is 14.8 Å². The van der Waals surface area contributed by atoms with E-state index in [1.165, 1.54) is 19.3 Å². The average molecular weight is 385 g/mol. The molecule has 2 heterocycles. The van der Waals surface area contributed by atoms with Crippen molar-refractivity contribution in [3.8, 4) is 0 Å². The molecule has 0 spiro atoms. The zero-order valence-electron chi connectivity index (χ0n) is 11.8. The molecule has 2 aliphatic rings. The summed E-state index contributed by atoms with van der Waals surface area (Å²) < 4.78 is 0.920. The molecule has 0 aromatic carbocycles. The molecule has 1 aliphatic carbocycles. The van der Waals surface area contributed by atoms with Gasteiger partial charge in [0.1, 0.15) is 3.70 Å². The van der Waals surface area contributed by atoms with Crippen molar-refractivity contribution in [2.24, 2.45) is 0 Å². The van der Waals surface area contributed by atoms with E-state index >= 15 is 0 Å². The second-order valence-electron chi connectivity index (χ2n) is 5.81. The van der Waals surface area contributed by atoms with E-state index in [9.17, 15) is 4.79 Å². The summed E-state index contributed by atoms with van der Waals surface area (Å²) in [7, 11) is 2.21. The van der Waals surface area contributed by atoms with E-state index < -0.39 is 0 Å². The van der Waals surface area contributed by atoms with Gasteiger partial charge in [0.15, 0.2) is 0 Å². The highest BCUT2D eigenvalue weighted by Gasteiger charge is 2.34. The number of rotatable bonds is 3. The van der Waals surface area contributed by atoms with Crippen molar-refractivity contribution >= 4 is 28.5 Å². The molecular formula is C15H20IN3O. The number of carbonyl (C=O) groups excluding carboxylic acids is 1. The molecule has 1 saturated carbocycles. The van der Waals surface area contributed by atoms with Crippen molar-refractivity contribution in [2.45, 2.75) is 37.8 Å². The third-order valence-electron chi connectivity index (χ3n) is 4.36. The summed E-state index contributed by atoms with van der Waals surface area (Å²) in [6, 6.07) is 5.06. The molecule has 1 aromatic heterocycles. The lowest BCUT2D eigenvalue weighted by atomic mass is 10.0. The first-order valence-electron chi connectivity index (χ1n) is 7.28. The summed E-state index contributed by atoms with van der Waals surface area (Å²) in [5.74, 6) is 0.128. The van der Waals surface area contributed by atoms with Gasteiger partial charge in [0.05, 0.1) is 5.56 Å². The molecule has 1 amide bonds. The average Bonchev–Trinajstić information content (AvgIpc) is 3.31. The van der Waals surface area contributed by atoms with Gasteiger partial charge in [-0.3, -0.25) is 9.69 Å². The summed E-state index contributed by atoms with van der Waals surface area (Å²) >= 11 is 2.16. The SMILES string of the molecule is CN(C1CC1)[C@@H]1CCCN(C(=O)c2ccc(I)nc2)C1. The lowest BCUT2D eigenvalue weighted by Crippen LogP contribution is -2.49. The number of halogens is 1. The number of hydrogen-bond acceptors (Lipinski definition) is 3. The molecular weight excluding hydrogens is 365 g/mol. The van der Waals surface area contributed by atoms with Crippen LogP contribution in [0.15, 0.2) is 18.3 Å². The fraction of sp³-hybridized carbons (Fsp3) is 0.600. The molecule has 0 bridgehead atoms. The van der Waals surface area contributed by atoms with Gasteiger partial charge in [0.2, 0.25) is 0 Å². The molecule has 20 heavy (non-hydrogen) atoms. The van der Waals surface area contributed by atoms with Crippen LogP contribution in [0, 0.1) is 3.70 Å². The van der Waals surface area contributed by atoms with Gasteiger partial charge in [-0.2, -0.15) is 0 Å². The smallest absolute Gasteiger partial charge is 0.255 e. The first-order valence-corrected chi connectivity index (χ1v) is 8.36. The summed E-state index contributed by atoms with van der Waals surface area (Å²) in [4.78, 5) is 21.2. The second kappa shape index (κ2) is 5.97. The first-order chi connectivity index (χ1) is 9.65. The minimum atomic E-state index is 0.128. The number of hydrogen-bond donors (Lipinski definition) is 0. The van der Waals surface area contributed by atoms with Gasteiger partial charge in [-0.15, -0.1) is 0 Å². The molecule has 1 aliphatic heterocycles. The van der Waals surface area contributed by atoms with Gasteiger partial charge < -0.3 is 4.90 Å². The maximum absolute atomic E-state index is 12.5. The second-order valence-corrected chi connectivity index (χ2v) is 6.92. The molecule has 1 saturated heterocycles. The third-order valence-corrected chi connectivity index (χ3v) is 4.99. The van der Waals surface area contributed by atoms with Crippen LogP contribution in [0.2, 0.25) is 0 Å². The van der Waals surface area contributed by atoms with Gasteiger partial charge in [0.25, 0.3) is 5.91 Å². The van der Waals surface area contributed by atoms with Crippen molar-refractivity contribution in [3.63, 3.8) is 0 Å². The zero-order valence-corrected chi connectivity index (χ0v) is 13.9. The van der Waals surface area contributed by atoms with E-state index in [-0.39, 0.29) is 5.91 Å². The molecule has 0 N–H and O–H groups in total. The largest absolute Gasteiger partial charge is 0.337 e. The molecule has 3 rings (SSSR count). The third kappa shape index (κ3) is 3.14. The van der Waals surface area contributed by atoms with Crippen LogP contribution < -0.4 is 0 Å². The fourth-order valence-electron chi connectivity index (χ4n) is 2.94. The Morgan fingerprint density at radius 1 is 1.35 bits per heavy atom. The van der Waals surface area contributed by atoms with Gasteiger partial charge in [-0.1, -0.05) is 0 Å². The molecule has 0 unspecified atom stereocenters. The van der Waals surface area contributed by atoms with Gasteiger partial charge in [-0.25, -0.2) is 4.98 Å². The number of nitrogens with zero attached hydrogens (tertiary/aromatic N) is 3. The number of aromatic nitrogens is 1. The minimum Gasteiger partial charge on any atom is -0.337 e. The Morgan fingerprint density at radius 2 is 2.15 bits per heavy atom. The van der Waals surface area contributed by atoms with Crippen LogP contribution in [-0.4, -0.2) is 52.9 Å². The highest BCUT2D eigenvalue weighted by atomic mass is 127. The number of likely N-dealkylation sites (N-methyl/N-ethyl adjacent to an activating group) is 1. The topological polar surface area (TPSA) is 36.4 Å². The van der Waals surface area contributed by atoms with Crippen LogP contribution in [0.5, 0.6) is 0 Å². The van der Waals surface area contributed by atoms with Crippen molar-refractivity contribution in [3.05, 3.63) is 27.6 Å². The lowest BCUT2D eigenvalue weighted by molar-refractivity contribution is 0.0600. The molecule has 5 heteroatoms. The maximum atomic E-state index is 12.5. The van der Waals surface area contributed by atoms with Crippen molar-refractivity contribution in [2.75, 3.05) is 20.1 Å². The Bertz CT molecular complexity index is 486. The quantitative estimate of drug-likeness (QED) is 0.592. The Morgan fingerprint density at radius 3 is 2.80 bits per heavy atom. The van der Waals surface area contributed by atoms with E-state index in [1.807, 2.05) is 17.0 Å². The van der Waals surface area contributed by atoms with Crippen LogP contribution in [-0.2, 0) is 0 Å². The van der Waals surface area contributed by atoms with Crippen LogP contribution in [0.4, 0.5) is 0 Å². The summed E-state index contributed by atoms with van der Waals surface area (Å²) in [6.45, 7) is 1.73. The predicted molar refractivity (Wildman–Crippen MR) is 86.7 cm³/mol. The molecule has 1 atom stereocenters. The van der Waals surface area contributed by atoms with Gasteiger partial charge in [0, 0.05) is 31.4 Å². The first kappa shape index (κ1) is 14.3. The summed E-state index contributed by atoms with van der Waals surface area (Å²) in [5, 5.41) is 0. The number of carbonyl (C=O) groups is 1. The van der Waals surface area contributed by atoms with Crippen LogP contribution >= 0.6 is 22.6 Å². The van der Waals surface area contributed by atoms with E-state index in [4.69, 9.17) is 0 Å². The standard InChI is InChI=1S/C15H20IN3O/c1-18(12-5-6-12)13-3-2-8-19(10-13)15(20)11-4-7-14(16)17-9-11/h4,7,9,12-13H,2-3,5-6,8,10H2,1H3/t13-/m1/s1. The zero-order chi connectivity index (χ0) is 14.1. The maximum Gasteiger partial charge on any atom is 0.255 e. The van der Waals surface area contributed by atoms with E-state index in [0.29, 0.717) is 11.6 Å². The predicted octanol–water partition coefficient (Wildman–Crippen LogP) is 2.39. The van der Waals surface area contributed by atoms with Crippen LogP contribution in [0.3, 0.4) is 0 Å². The molecule has 2 fully saturated rings. The molecule has 4 nitrogen and oxygen atoms in total. The Hall–Kier alpha value is -0.690. The number of pyridine rings is 1. The number of amides is 1. The molecule has 1 aromatic rings. The highest BCUT2D eigenvalue weighted by Crippen LogP contribution is 2.30. The Labute approximate surface area is 133 Å². The fourth-order valence-corrected chi connectivity index (χ4v) is 3.26. The number of likely N-dealkylation sites (tertiary alicyclic amines) is 1. The summed E-state index contributed by atoms with van der Waals surface area (Å²) in [5.41, 5.74) is 0.708. The van der Waals surface area contributed by atoms with Crippen molar-refractivity contribution in [1.29, 1.82) is 0 Å². The molecule has 108 valence electrons. The monoisotopic (exact) mass is 385 g/mol. The number of piperidine rings is 1. The highest BCUT2D eigenvalue weighted by molar-refractivity contribution is 14.1. The van der Waals surface area contributed by atoms with Crippen LogP contribution in [0.1, 0.15) is 36.0 Å². The summed E-state index contributed by atoms with van der Waals surface area (Å²) in [6.07, 6.45) is 6.65. The normalized spacial score (nSPS) is 23.1. The van der Waals surface area contributed by atoms with E-state index in [0.717, 1.165) is 29.3 Å². The lowest BCUT2D eigenvalue weighted by Gasteiger charge is -2.37. The Balaban J connectivity index is 1.66. The van der Waals surface area contributed by atoms with Crippen molar-refractivity contribution < 1.29 is 4.79 Å². The van der Waals surface area contributed by atoms with E-state index in [2.05, 4.69) is 39.5 Å².